The Bertz CT molecular complexity index is 1340. The third kappa shape index (κ3) is 4.65. The third-order valence-corrected chi connectivity index (χ3v) is 8.82. The van der Waals surface area contributed by atoms with Crippen molar-refractivity contribution in [3.63, 3.8) is 0 Å². The highest BCUT2D eigenvalue weighted by atomic mass is 16.4. The number of carboxylic acid groups (broad SMARTS) is 1. The molecule has 8 nitrogen and oxygen atoms in total. The number of para-hydroxylation sites is 1. The van der Waals surface area contributed by atoms with Gasteiger partial charge in [-0.05, 0) is 69.2 Å². The number of piperazine rings is 1. The fraction of sp³-hybridized carbons (Fsp3) is 0.406. The van der Waals surface area contributed by atoms with Crippen molar-refractivity contribution in [2.24, 2.45) is 0 Å². The Labute approximate surface area is 235 Å². The number of aliphatic carboxylic acids is 1. The number of fused-ring (bicyclic) bond motifs is 2. The SMILES string of the molecule is Cc1ccc(C2CCCN2C(=O)N2[C@H]3CC[C@@H]2[C@@H](C(=O)O)N(C(=O)N(C2=CC=CCC2)c2ccccc2)C3)cc1. The lowest BCUT2D eigenvalue weighted by Gasteiger charge is -2.47. The molecule has 40 heavy (non-hydrogen) atoms. The van der Waals surface area contributed by atoms with Crippen molar-refractivity contribution >= 4 is 23.7 Å². The van der Waals surface area contributed by atoms with E-state index < -0.39 is 18.1 Å². The predicted octanol–water partition coefficient (Wildman–Crippen LogP) is 5.71. The van der Waals surface area contributed by atoms with Gasteiger partial charge in [0.25, 0.3) is 0 Å². The quantitative estimate of drug-likeness (QED) is 0.538. The van der Waals surface area contributed by atoms with Crippen LogP contribution in [0.1, 0.15) is 55.7 Å². The average Bonchev–Trinajstić information content (AvgIpc) is 3.57. The number of anilines is 1. The molecule has 3 saturated heterocycles. The van der Waals surface area contributed by atoms with Crippen molar-refractivity contribution in [3.05, 3.63) is 89.6 Å². The number of allylic oxidation sites excluding steroid dienone is 4. The molecule has 1 aliphatic carbocycles. The van der Waals surface area contributed by atoms with Crippen LogP contribution in [0, 0.1) is 6.92 Å². The first-order valence-corrected chi connectivity index (χ1v) is 14.3. The molecule has 3 aliphatic heterocycles. The molecule has 2 bridgehead atoms. The number of urea groups is 2. The van der Waals surface area contributed by atoms with Gasteiger partial charge in [-0.1, -0.05) is 60.2 Å². The van der Waals surface area contributed by atoms with Gasteiger partial charge in [0, 0.05) is 18.8 Å². The monoisotopic (exact) mass is 540 g/mol. The summed E-state index contributed by atoms with van der Waals surface area (Å²) in [7, 11) is 0. The number of nitrogens with zero attached hydrogens (tertiary/aromatic N) is 4. The summed E-state index contributed by atoms with van der Waals surface area (Å²) in [5, 5.41) is 10.5. The number of benzene rings is 2. The maximum Gasteiger partial charge on any atom is 0.329 e. The minimum atomic E-state index is -1.11. The van der Waals surface area contributed by atoms with Crippen LogP contribution in [-0.4, -0.2) is 69.1 Å². The van der Waals surface area contributed by atoms with Crippen molar-refractivity contribution in [1.82, 2.24) is 14.7 Å². The Morgan fingerprint density at radius 3 is 2.42 bits per heavy atom. The highest BCUT2D eigenvalue weighted by molar-refractivity contribution is 5.98. The zero-order valence-corrected chi connectivity index (χ0v) is 22.9. The molecule has 2 aromatic rings. The number of hydrogen-bond donors (Lipinski definition) is 1. The van der Waals surface area contributed by atoms with E-state index in [4.69, 9.17) is 0 Å². The maximum absolute atomic E-state index is 14.2. The molecule has 0 aromatic heterocycles. The Hall–Kier alpha value is -4.07. The first-order valence-electron chi connectivity index (χ1n) is 14.3. The molecule has 6 rings (SSSR count). The van der Waals surface area contributed by atoms with Crippen molar-refractivity contribution in [2.45, 2.75) is 69.6 Å². The molecule has 2 aromatic carbocycles. The molecule has 0 saturated carbocycles. The Morgan fingerprint density at radius 2 is 1.73 bits per heavy atom. The van der Waals surface area contributed by atoms with E-state index in [1.807, 2.05) is 54.3 Å². The van der Waals surface area contributed by atoms with Crippen molar-refractivity contribution < 1.29 is 19.5 Å². The Morgan fingerprint density at radius 1 is 0.950 bits per heavy atom. The summed E-state index contributed by atoms with van der Waals surface area (Å²) in [6, 6.07) is 15.4. The number of aryl methyl sites for hydroxylation is 1. The van der Waals surface area contributed by atoms with Crippen LogP contribution in [0.5, 0.6) is 0 Å². The van der Waals surface area contributed by atoms with Crippen LogP contribution in [0.4, 0.5) is 15.3 Å². The molecule has 4 atom stereocenters. The summed E-state index contributed by atoms with van der Waals surface area (Å²) in [5.74, 6) is -1.07. The fourth-order valence-corrected chi connectivity index (χ4v) is 6.90. The lowest BCUT2D eigenvalue weighted by atomic mass is 10.0. The second kappa shape index (κ2) is 10.8. The molecular weight excluding hydrogens is 504 g/mol. The summed E-state index contributed by atoms with van der Waals surface area (Å²) < 4.78 is 0. The first kappa shape index (κ1) is 26.2. The van der Waals surface area contributed by atoms with E-state index >= 15 is 0 Å². The summed E-state index contributed by atoms with van der Waals surface area (Å²) in [5.41, 5.74) is 3.83. The number of hydrogen-bond acceptors (Lipinski definition) is 3. The molecule has 3 heterocycles. The van der Waals surface area contributed by atoms with Crippen LogP contribution in [0.15, 0.2) is 78.5 Å². The van der Waals surface area contributed by atoms with E-state index in [1.165, 1.54) is 10.5 Å². The minimum absolute atomic E-state index is 0.0182. The molecule has 3 fully saturated rings. The molecule has 0 radical (unpaired) electrons. The maximum atomic E-state index is 14.2. The van der Waals surface area contributed by atoms with Crippen LogP contribution < -0.4 is 4.90 Å². The van der Waals surface area contributed by atoms with Crippen LogP contribution in [0.25, 0.3) is 0 Å². The average molecular weight is 541 g/mol. The topological polar surface area (TPSA) is 84.4 Å². The standard InChI is InChI=1S/C32H36N4O4/c1-22-14-16-23(17-15-22)27-13-8-20-33(27)31(39)36-26-18-19-28(36)29(30(37)38)34(21-26)32(40)35(24-9-4-2-5-10-24)25-11-6-3-7-12-25/h2-6,9-11,14-17,26-29H,7-8,12-13,18-21H2,1H3,(H,37,38)/t26-,27?,28+,29-/m0/s1. The van der Waals surface area contributed by atoms with Gasteiger partial charge >= 0.3 is 18.0 Å². The smallest absolute Gasteiger partial charge is 0.329 e. The van der Waals surface area contributed by atoms with E-state index in [-0.39, 0.29) is 30.7 Å². The van der Waals surface area contributed by atoms with Gasteiger partial charge in [-0.15, -0.1) is 0 Å². The van der Waals surface area contributed by atoms with Gasteiger partial charge in [0.2, 0.25) is 0 Å². The molecule has 8 heteroatoms. The predicted molar refractivity (Wildman–Crippen MR) is 153 cm³/mol. The van der Waals surface area contributed by atoms with Crippen LogP contribution in [-0.2, 0) is 4.79 Å². The second-order valence-corrected chi connectivity index (χ2v) is 11.3. The number of carbonyl (C=O) groups excluding carboxylic acids is 2. The number of carboxylic acids is 1. The van der Waals surface area contributed by atoms with E-state index in [0.29, 0.717) is 31.5 Å². The number of carbonyl (C=O) groups is 3. The van der Waals surface area contributed by atoms with Crippen LogP contribution >= 0.6 is 0 Å². The van der Waals surface area contributed by atoms with Gasteiger partial charge in [0.05, 0.1) is 23.8 Å². The number of rotatable bonds is 4. The normalized spacial score (nSPS) is 25.6. The van der Waals surface area contributed by atoms with Crippen molar-refractivity contribution in [2.75, 3.05) is 18.0 Å². The molecule has 208 valence electrons. The number of amides is 4. The summed E-state index contributed by atoms with van der Waals surface area (Å²) in [6.45, 7) is 2.90. The van der Waals surface area contributed by atoms with Crippen molar-refractivity contribution in [3.8, 4) is 0 Å². The fourth-order valence-electron chi connectivity index (χ4n) is 6.90. The van der Waals surface area contributed by atoms with Crippen LogP contribution in [0.2, 0.25) is 0 Å². The summed E-state index contributed by atoms with van der Waals surface area (Å²) in [4.78, 5) is 48.0. The Kier molecular flexibility index (Phi) is 7.09. The molecule has 0 spiro atoms. The van der Waals surface area contributed by atoms with Gasteiger partial charge in [0.15, 0.2) is 6.04 Å². The lowest BCUT2D eigenvalue weighted by molar-refractivity contribution is -0.145. The molecular formula is C32H36N4O4. The summed E-state index contributed by atoms with van der Waals surface area (Å²) in [6.07, 6.45) is 10.5. The largest absolute Gasteiger partial charge is 0.480 e. The zero-order chi connectivity index (χ0) is 27.8. The highest BCUT2D eigenvalue weighted by Gasteiger charge is 2.55. The van der Waals surface area contributed by atoms with E-state index in [1.54, 1.807) is 9.80 Å². The van der Waals surface area contributed by atoms with Gasteiger partial charge in [-0.2, -0.15) is 0 Å². The first-order chi connectivity index (χ1) is 19.4. The molecule has 4 aliphatic rings. The molecule has 4 amide bonds. The van der Waals surface area contributed by atoms with Gasteiger partial charge in [-0.25, -0.2) is 14.4 Å². The summed E-state index contributed by atoms with van der Waals surface area (Å²) >= 11 is 0. The number of likely N-dealkylation sites (tertiary alicyclic amines) is 2. The highest BCUT2D eigenvalue weighted by Crippen LogP contribution is 2.40. The molecule has 1 N–H and O–H groups in total. The lowest BCUT2D eigenvalue weighted by Crippen LogP contribution is -2.67. The zero-order valence-electron chi connectivity index (χ0n) is 22.9. The van der Waals surface area contributed by atoms with Gasteiger partial charge in [0.1, 0.15) is 0 Å². The van der Waals surface area contributed by atoms with Crippen molar-refractivity contribution in [1.29, 1.82) is 0 Å². The van der Waals surface area contributed by atoms with Crippen LogP contribution in [0.3, 0.4) is 0 Å². The third-order valence-electron chi connectivity index (χ3n) is 8.82. The minimum Gasteiger partial charge on any atom is -0.480 e. The Balaban J connectivity index is 1.29. The second-order valence-electron chi connectivity index (χ2n) is 11.3. The van der Waals surface area contributed by atoms with E-state index in [9.17, 15) is 19.5 Å². The van der Waals surface area contributed by atoms with Gasteiger partial charge in [-0.3, -0.25) is 4.90 Å². The van der Waals surface area contributed by atoms with Gasteiger partial charge < -0.3 is 19.8 Å². The van der Waals surface area contributed by atoms with E-state index in [2.05, 4.69) is 30.3 Å². The van der Waals surface area contributed by atoms with E-state index in [0.717, 1.165) is 30.5 Å². The molecule has 1 unspecified atom stereocenters.